The third-order valence-corrected chi connectivity index (χ3v) is 3.83. The highest BCUT2D eigenvalue weighted by molar-refractivity contribution is 6.31. The predicted octanol–water partition coefficient (Wildman–Crippen LogP) is 2.38. The molecule has 18 heavy (non-hydrogen) atoms. The summed E-state index contributed by atoms with van der Waals surface area (Å²) in [4.78, 5) is 20.3. The standard InChI is InChI=1S/C12H17ClN4O/c1-4-12(5-6-12)11(18)17-16-10-9(13)14-7(2)8(3)15-10/h4-6H2,1-3H3,(H,15,16)(H,17,18). The summed E-state index contributed by atoms with van der Waals surface area (Å²) >= 11 is 5.96. The van der Waals surface area contributed by atoms with Crippen LogP contribution < -0.4 is 10.9 Å². The second-order valence-corrected chi connectivity index (χ2v) is 5.10. The summed E-state index contributed by atoms with van der Waals surface area (Å²) in [6.45, 7) is 5.71. The third-order valence-electron chi connectivity index (χ3n) is 3.57. The van der Waals surface area contributed by atoms with Crippen molar-refractivity contribution in [3.05, 3.63) is 16.5 Å². The molecule has 1 aliphatic carbocycles. The molecule has 0 bridgehead atoms. The summed E-state index contributed by atoms with van der Waals surface area (Å²) in [6, 6.07) is 0. The molecule has 6 heteroatoms. The normalized spacial score (nSPS) is 16.2. The quantitative estimate of drug-likeness (QED) is 0.823. The first-order chi connectivity index (χ1) is 8.48. The van der Waals surface area contributed by atoms with Crippen molar-refractivity contribution < 1.29 is 4.79 Å². The minimum Gasteiger partial charge on any atom is -0.279 e. The van der Waals surface area contributed by atoms with Crippen LogP contribution in [-0.4, -0.2) is 15.9 Å². The van der Waals surface area contributed by atoms with E-state index in [9.17, 15) is 4.79 Å². The number of halogens is 1. The minimum atomic E-state index is -0.188. The lowest BCUT2D eigenvalue weighted by molar-refractivity contribution is -0.125. The van der Waals surface area contributed by atoms with Crippen LogP contribution in [0.2, 0.25) is 5.15 Å². The molecular weight excluding hydrogens is 252 g/mol. The van der Waals surface area contributed by atoms with E-state index in [1.165, 1.54) is 0 Å². The average Bonchev–Trinajstić information content (AvgIpc) is 3.12. The number of carbonyl (C=O) groups excluding carboxylic acids is 1. The molecule has 1 aromatic rings. The van der Waals surface area contributed by atoms with E-state index in [0.717, 1.165) is 30.7 Å². The monoisotopic (exact) mass is 268 g/mol. The average molecular weight is 269 g/mol. The molecule has 1 aliphatic rings. The molecule has 1 saturated carbocycles. The first-order valence-electron chi connectivity index (χ1n) is 6.06. The Balaban J connectivity index is 2.02. The number of hydrogen-bond acceptors (Lipinski definition) is 4. The van der Waals surface area contributed by atoms with Crippen LogP contribution in [0.5, 0.6) is 0 Å². The number of aromatic nitrogens is 2. The zero-order chi connectivity index (χ0) is 13.3. The van der Waals surface area contributed by atoms with Gasteiger partial charge in [-0.1, -0.05) is 18.5 Å². The lowest BCUT2D eigenvalue weighted by Crippen LogP contribution is -2.36. The first kappa shape index (κ1) is 13.1. The molecule has 0 aliphatic heterocycles. The van der Waals surface area contributed by atoms with Crippen molar-refractivity contribution in [1.29, 1.82) is 0 Å². The van der Waals surface area contributed by atoms with Crippen molar-refractivity contribution in [2.45, 2.75) is 40.0 Å². The van der Waals surface area contributed by atoms with Gasteiger partial charge in [0, 0.05) is 0 Å². The summed E-state index contributed by atoms with van der Waals surface area (Å²) in [7, 11) is 0. The Hall–Kier alpha value is -1.36. The van der Waals surface area contributed by atoms with Gasteiger partial charge in [0.15, 0.2) is 11.0 Å². The lowest BCUT2D eigenvalue weighted by atomic mass is 10.0. The molecule has 2 rings (SSSR count). The van der Waals surface area contributed by atoms with Crippen LogP contribution >= 0.6 is 11.6 Å². The third kappa shape index (κ3) is 2.41. The summed E-state index contributed by atoms with van der Waals surface area (Å²) in [6.07, 6.45) is 2.75. The number of nitrogens with one attached hydrogen (secondary N) is 2. The summed E-state index contributed by atoms with van der Waals surface area (Å²) in [5, 5.41) is 0.264. The summed E-state index contributed by atoms with van der Waals surface area (Å²) in [5.41, 5.74) is 6.80. The maximum atomic E-state index is 11.9. The molecule has 1 amide bonds. The Morgan fingerprint density at radius 2 is 1.94 bits per heavy atom. The molecule has 5 nitrogen and oxygen atoms in total. The van der Waals surface area contributed by atoms with Crippen molar-refractivity contribution in [2.75, 3.05) is 5.43 Å². The van der Waals surface area contributed by atoms with Crippen molar-refractivity contribution in [3.63, 3.8) is 0 Å². The number of amides is 1. The molecule has 1 aromatic heterocycles. The number of nitrogens with zero attached hydrogens (tertiary/aromatic N) is 2. The molecule has 0 aromatic carbocycles. The van der Waals surface area contributed by atoms with Gasteiger partial charge in [0.2, 0.25) is 5.91 Å². The number of carbonyl (C=O) groups is 1. The molecule has 2 N–H and O–H groups in total. The van der Waals surface area contributed by atoms with Crippen LogP contribution in [0.25, 0.3) is 0 Å². The topological polar surface area (TPSA) is 66.9 Å². The van der Waals surface area contributed by atoms with Crippen molar-refractivity contribution in [2.24, 2.45) is 5.41 Å². The Bertz CT molecular complexity index is 485. The van der Waals surface area contributed by atoms with Crippen LogP contribution in [0.3, 0.4) is 0 Å². The molecule has 1 heterocycles. The van der Waals surface area contributed by atoms with Gasteiger partial charge in [-0.3, -0.25) is 15.6 Å². The summed E-state index contributed by atoms with van der Waals surface area (Å²) < 4.78 is 0. The molecule has 0 atom stereocenters. The van der Waals surface area contributed by atoms with Crippen LogP contribution in [0, 0.1) is 19.3 Å². The molecule has 0 spiro atoms. The lowest BCUT2D eigenvalue weighted by Gasteiger charge is -2.15. The smallest absolute Gasteiger partial charge is 0.244 e. The minimum absolute atomic E-state index is 0.00101. The fraction of sp³-hybridized carbons (Fsp3) is 0.583. The SMILES string of the molecule is CCC1(C(=O)NNc2nc(C)c(C)nc2Cl)CC1. The Labute approximate surface area is 111 Å². The van der Waals surface area contributed by atoms with Gasteiger partial charge in [0.1, 0.15) is 0 Å². The highest BCUT2D eigenvalue weighted by Crippen LogP contribution is 2.48. The van der Waals surface area contributed by atoms with E-state index < -0.39 is 0 Å². The van der Waals surface area contributed by atoms with E-state index >= 15 is 0 Å². The van der Waals surface area contributed by atoms with Crippen LogP contribution in [0.1, 0.15) is 37.6 Å². The van der Waals surface area contributed by atoms with E-state index in [-0.39, 0.29) is 16.5 Å². The van der Waals surface area contributed by atoms with Gasteiger partial charge in [-0.2, -0.15) is 0 Å². The van der Waals surface area contributed by atoms with Crippen molar-refractivity contribution in [3.8, 4) is 0 Å². The summed E-state index contributed by atoms with van der Waals surface area (Å²) in [5.74, 6) is 0.390. The van der Waals surface area contributed by atoms with E-state index in [0.29, 0.717) is 5.82 Å². The van der Waals surface area contributed by atoms with Crippen LogP contribution in [-0.2, 0) is 4.79 Å². The van der Waals surface area contributed by atoms with Gasteiger partial charge < -0.3 is 0 Å². The fourth-order valence-electron chi connectivity index (χ4n) is 1.80. The van der Waals surface area contributed by atoms with Crippen LogP contribution in [0.4, 0.5) is 5.82 Å². The number of hydrogen-bond donors (Lipinski definition) is 2. The second-order valence-electron chi connectivity index (χ2n) is 4.75. The largest absolute Gasteiger partial charge is 0.279 e. The molecule has 0 saturated heterocycles. The number of hydrazine groups is 1. The Morgan fingerprint density at radius 1 is 1.33 bits per heavy atom. The van der Waals surface area contributed by atoms with Gasteiger partial charge in [0.05, 0.1) is 16.8 Å². The van der Waals surface area contributed by atoms with Gasteiger partial charge in [-0.15, -0.1) is 0 Å². The molecule has 0 radical (unpaired) electrons. The zero-order valence-electron chi connectivity index (χ0n) is 10.8. The van der Waals surface area contributed by atoms with Crippen molar-refractivity contribution >= 4 is 23.3 Å². The fourth-order valence-corrected chi connectivity index (χ4v) is 2.01. The maximum absolute atomic E-state index is 11.9. The van der Waals surface area contributed by atoms with E-state index in [1.807, 2.05) is 20.8 Å². The van der Waals surface area contributed by atoms with E-state index in [4.69, 9.17) is 11.6 Å². The zero-order valence-corrected chi connectivity index (χ0v) is 11.6. The number of anilines is 1. The highest BCUT2D eigenvalue weighted by atomic mass is 35.5. The van der Waals surface area contributed by atoms with Crippen LogP contribution in [0.15, 0.2) is 0 Å². The molecule has 98 valence electrons. The maximum Gasteiger partial charge on any atom is 0.244 e. The van der Waals surface area contributed by atoms with E-state index in [1.54, 1.807) is 0 Å². The first-order valence-corrected chi connectivity index (χ1v) is 6.43. The van der Waals surface area contributed by atoms with Crippen molar-refractivity contribution in [1.82, 2.24) is 15.4 Å². The molecule has 0 unspecified atom stereocenters. The highest BCUT2D eigenvalue weighted by Gasteiger charge is 2.48. The van der Waals surface area contributed by atoms with Gasteiger partial charge in [0.25, 0.3) is 0 Å². The van der Waals surface area contributed by atoms with E-state index in [2.05, 4.69) is 20.8 Å². The number of rotatable bonds is 4. The number of aryl methyl sites for hydroxylation is 2. The predicted molar refractivity (Wildman–Crippen MR) is 70.2 cm³/mol. The Kier molecular flexibility index (Phi) is 3.43. The second kappa shape index (κ2) is 4.72. The Morgan fingerprint density at radius 3 is 2.50 bits per heavy atom. The van der Waals surface area contributed by atoms with Gasteiger partial charge in [-0.25, -0.2) is 9.97 Å². The molecule has 1 fully saturated rings. The molecular formula is C12H17ClN4O. The van der Waals surface area contributed by atoms with Gasteiger partial charge >= 0.3 is 0 Å². The van der Waals surface area contributed by atoms with Gasteiger partial charge in [-0.05, 0) is 33.1 Å².